The lowest BCUT2D eigenvalue weighted by atomic mass is 9.94. The van der Waals surface area contributed by atoms with Gasteiger partial charge in [0, 0.05) is 0 Å². The van der Waals surface area contributed by atoms with Crippen LogP contribution in [0.4, 0.5) is 0 Å². The second-order valence-corrected chi connectivity index (χ2v) is 6.12. The second-order valence-electron chi connectivity index (χ2n) is 6.12. The highest BCUT2D eigenvalue weighted by molar-refractivity contribution is 6.25. The number of hydrogen-bond donors (Lipinski definition) is 1. The zero-order valence-electron chi connectivity index (χ0n) is 13.2. The summed E-state index contributed by atoms with van der Waals surface area (Å²) in [5.41, 5.74) is 0. The number of hydrogen-bond acceptors (Lipinski definition) is 2. The van der Waals surface area contributed by atoms with Gasteiger partial charge < -0.3 is 9.84 Å². The Morgan fingerprint density at radius 3 is 1.61 bits per heavy atom. The zero-order chi connectivity index (χ0) is 16.0. The molecule has 0 saturated heterocycles. The molecule has 23 heavy (non-hydrogen) atoms. The van der Waals surface area contributed by atoms with Crippen LogP contribution in [0.1, 0.15) is 13.8 Å². The molecular weight excluding hydrogens is 284 g/mol. The van der Waals surface area contributed by atoms with Gasteiger partial charge in [-0.2, -0.15) is 0 Å². The topological polar surface area (TPSA) is 29.5 Å². The fourth-order valence-electron chi connectivity index (χ4n) is 3.27. The molecule has 0 spiro atoms. The smallest absolute Gasteiger partial charge is 0.161 e. The van der Waals surface area contributed by atoms with Crippen molar-refractivity contribution in [3.05, 3.63) is 60.7 Å². The molecule has 1 N–H and O–H groups in total. The van der Waals surface area contributed by atoms with E-state index in [1.165, 1.54) is 16.2 Å². The number of ether oxygens (including phenoxy) is 1. The summed E-state index contributed by atoms with van der Waals surface area (Å²) < 4.78 is 5.76. The summed E-state index contributed by atoms with van der Waals surface area (Å²) in [7, 11) is 0. The van der Waals surface area contributed by atoms with Crippen molar-refractivity contribution < 1.29 is 9.84 Å². The Labute approximate surface area is 134 Å². The van der Waals surface area contributed by atoms with Gasteiger partial charge in [0.25, 0.3) is 0 Å². The van der Waals surface area contributed by atoms with Crippen LogP contribution in [0.2, 0.25) is 0 Å². The maximum atomic E-state index is 10.4. The minimum atomic E-state index is 0.0186. The quantitative estimate of drug-likeness (QED) is 0.486. The Hall–Kier alpha value is -2.74. The van der Waals surface area contributed by atoms with Crippen LogP contribution in [0.15, 0.2) is 60.7 Å². The highest BCUT2D eigenvalue weighted by Crippen LogP contribution is 2.40. The number of aromatic hydroxyl groups is 1. The van der Waals surface area contributed by atoms with Crippen molar-refractivity contribution in [1.29, 1.82) is 0 Å². The van der Waals surface area contributed by atoms with Crippen LogP contribution in [0.3, 0.4) is 0 Å². The summed E-state index contributed by atoms with van der Waals surface area (Å²) in [6.07, 6.45) is 0.0186. The molecule has 0 aliphatic heterocycles. The number of rotatable bonds is 2. The SMILES string of the molecule is CC(C)Oc1cc2c3ccccc3c3ccccc3c2cc1O. The summed E-state index contributed by atoms with van der Waals surface area (Å²) in [5.74, 6) is 0.722. The molecule has 0 aromatic heterocycles. The van der Waals surface area contributed by atoms with E-state index in [9.17, 15) is 5.11 Å². The molecule has 0 fully saturated rings. The summed E-state index contributed by atoms with van der Waals surface area (Å²) in [5, 5.41) is 17.3. The van der Waals surface area contributed by atoms with E-state index in [4.69, 9.17) is 4.74 Å². The average Bonchev–Trinajstić information content (AvgIpc) is 2.56. The normalized spacial score (nSPS) is 11.6. The van der Waals surface area contributed by atoms with Crippen molar-refractivity contribution in [2.24, 2.45) is 0 Å². The zero-order valence-corrected chi connectivity index (χ0v) is 13.2. The molecule has 4 aromatic rings. The van der Waals surface area contributed by atoms with Gasteiger partial charge in [0.2, 0.25) is 0 Å². The predicted octanol–water partition coefficient (Wildman–Crippen LogP) is 5.64. The Bertz CT molecular complexity index is 1030. The van der Waals surface area contributed by atoms with Gasteiger partial charge in [0.1, 0.15) is 0 Å². The van der Waals surface area contributed by atoms with Crippen LogP contribution in [0.5, 0.6) is 11.5 Å². The third-order valence-electron chi connectivity index (χ3n) is 4.19. The average molecular weight is 302 g/mol. The molecule has 114 valence electrons. The molecule has 0 bridgehead atoms. The first-order valence-corrected chi connectivity index (χ1v) is 7.88. The molecule has 2 nitrogen and oxygen atoms in total. The third kappa shape index (κ3) is 2.18. The van der Waals surface area contributed by atoms with Gasteiger partial charge in [-0.1, -0.05) is 48.5 Å². The van der Waals surface area contributed by atoms with Gasteiger partial charge in [0.05, 0.1) is 6.10 Å². The van der Waals surface area contributed by atoms with E-state index >= 15 is 0 Å². The summed E-state index contributed by atoms with van der Waals surface area (Å²) in [4.78, 5) is 0. The standard InChI is InChI=1S/C21H18O2/c1-13(2)23-21-12-19-17-10-6-4-8-15(17)14-7-3-5-9-16(14)18(19)11-20(21)22/h3-13,22H,1-2H3. The Kier molecular flexibility index (Phi) is 3.12. The molecule has 4 aromatic carbocycles. The summed E-state index contributed by atoms with van der Waals surface area (Å²) >= 11 is 0. The van der Waals surface area contributed by atoms with Gasteiger partial charge in [-0.3, -0.25) is 0 Å². The molecule has 0 aliphatic rings. The third-order valence-corrected chi connectivity index (χ3v) is 4.19. The molecule has 0 radical (unpaired) electrons. The molecule has 0 saturated carbocycles. The predicted molar refractivity (Wildman–Crippen MR) is 96.4 cm³/mol. The van der Waals surface area contributed by atoms with Crippen molar-refractivity contribution in [2.75, 3.05) is 0 Å². The van der Waals surface area contributed by atoms with Crippen LogP contribution in [0, 0.1) is 0 Å². The van der Waals surface area contributed by atoms with Crippen molar-refractivity contribution in [3.8, 4) is 11.5 Å². The minimum Gasteiger partial charge on any atom is -0.504 e. The minimum absolute atomic E-state index is 0.0186. The molecule has 2 heteroatoms. The van der Waals surface area contributed by atoms with E-state index in [1.807, 2.05) is 38.1 Å². The Morgan fingerprint density at radius 1 is 0.696 bits per heavy atom. The second kappa shape index (κ2) is 5.17. The first-order valence-electron chi connectivity index (χ1n) is 7.88. The van der Waals surface area contributed by atoms with E-state index in [2.05, 4.69) is 36.4 Å². The van der Waals surface area contributed by atoms with Gasteiger partial charge in [0.15, 0.2) is 11.5 Å². The Morgan fingerprint density at radius 2 is 1.13 bits per heavy atom. The van der Waals surface area contributed by atoms with E-state index < -0.39 is 0 Å². The molecule has 4 rings (SSSR count). The van der Waals surface area contributed by atoms with Crippen LogP contribution < -0.4 is 4.74 Å². The largest absolute Gasteiger partial charge is 0.504 e. The highest BCUT2D eigenvalue weighted by Gasteiger charge is 2.13. The van der Waals surface area contributed by atoms with Crippen LogP contribution in [0.25, 0.3) is 32.3 Å². The fourth-order valence-corrected chi connectivity index (χ4v) is 3.27. The lowest BCUT2D eigenvalue weighted by Gasteiger charge is -2.15. The summed E-state index contributed by atoms with van der Waals surface area (Å²) in [6, 6.07) is 20.5. The van der Waals surface area contributed by atoms with Gasteiger partial charge in [-0.05, 0) is 58.3 Å². The van der Waals surface area contributed by atoms with E-state index in [1.54, 1.807) is 0 Å². The maximum absolute atomic E-state index is 10.4. The van der Waals surface area contributed by atoms with Gasteiger partial charge in [-0.25, -0.2) is 0 Å². The van der Waals surface area contributed by atoms with E-state index in [0.29, 0.717) is 5.75 Å². The maximum Gasteiger partial charge on any atom is 0.161 e. The monoisotopic (exact) mass is 302 g/mol. The molecule has 0 heterocycles. The van der Waals surface area contributed by atoms with Crippen molar-refractivity contribution in [3.63, 3.8) is 0 Å². The lowest BCUT2D eigenvalue weighted by Crippen LogP contribution is -2.05. The lowest BCUT2D eigenvalue weighted by molar-refractivity contribution is 0.232. The van der Waals surface area contributed by atoms with Gasteiger partial charge in [-0.15, -0.1) is 0 Å². The van der Waals surface area contributed by atoms with Gasteiger partial charge >= 0.3 is 0 Å². The van der Waals surface area contributed by atoms with Crippen molar-refractivity contribution in [2.45, 2.75) is 20.0 Å². The molecule has 0 aliphatic carbocycles. The van der Waals surface area contributed by atoms with Crippen LogP contribution in [-0.2, 0) is 0 Å². The number of phenols is 1. The van der Waals surface area contributed by atoms with E-state index in [-0.39, 0.29) is 11.9 Å². The molecule has 0 unspecified atom stereocenters. The molecule has 0 atom stereocenters. The van der Waals surface area contributed by atoms with Crippen LogP contribution >= 0.6 is 0 Å². The van der Waals surface area contributed by atoms with Crippen LogP contribution in [-0.4, -0.2) is 11.2 Å². The number of phenolic OH excluding ortho intramolecular Hbond substituents is 1. The number of fused-ring (bicyclic) bond motifs is 6. The Balaban J connectivity index is 2.21. The molecular formula is C21H18O2. The van der Waals surface area contributed by atoms with Crippen molar-refractivity contribution in [1.82, 2.24) is 0 Å². The molecule has 0 amide bonds. The number of benzene rings is 4. The highest BCUT2D eigenvalue weighted by atomic mass is 16.5. The first kappa shape index (κ1) is 13.9. The van der Waals surface area contributed by atoms with E-state index in [0.717, 1.165) is 16.2 Å². The van der Waals surface area contributed by atoms with Crippen molar-refractivity contribution >= 4 is 32.3 Å². The fraction of sp³-hybridized carbons (Fsp3) is 0.143. The first-order chi connectivity index (χ1) is 11.1. The summed E-state index contributed by atoms with van der Waals surface area (Å²) in [6.45, 7) is 3.92.